The van der Waals surface area contributed by atoms with Crippen molar-refractivity contribution in [2.75, 3.05) is 6.61 Å². The molecule has 1 atom stereocenters. The first-order valence-corrected chi connectivity index (χ1v) is 9.62. The van der Waals surface area contributed by atoms with Crippen LogP contribution in [0.4, 0.5) is 0 Å². The molecule has 0 aliphatic carbocycles. The molecule has 150 valence electrons. The van der Waals surface area contributed by atoms with Crippen LogP contribution in [0.1, 0.15) is 85.0 Å². The van der Waals surface area contributed by atoms with Gasteiger partial charge in [-0.05, 0) is 19.3 Å². The summed E-state index contributed by atoms with van der Waals surface area (Å²) in [5.74, 6) is -3.15. The number of unbranched alkanes of at least 4 members (excludes halogenated alkanes) is 4. The Balaban J connectivity index is 5.24. The van der Waals surface area contributed by atoms with E-state index >= 15 is 0 Å². The highest BCUT2D eigenvalue weighted by molar-refractivity contribution is 6.00. The zero-order valence-electron chi connectivity index (χ0n) is 16.3. The number of esters is 1. The van der Waals surface area contributed by atoms with Crippen LogP contribution < -0.4 is 0 Å². The Hall–Kier alpha value is -1.92. The normalized spacial score (nSPS) is 11.7. The summed E-state index contributed by atoms with van der Waals surface area (Å²) in [6.07, 6.45) is 4.91. The van der Waals surface area contributed by atoms with E-state index in [0.29, 0.717) is 19.3 Å². The molecule has 1 unspecified atom stereocenters. The van der Waals surface area contributed by atoms with E-state index in [1.165, 1.54) is 0 Å². The van der Waals surface area contributed by atoms with Gasteiger partial charge in [0.1, 0.15) is 6.04 Å². The third-order valence-corrected chi connectivity index (χ3v) is 3.95. The van der Waals surface area contributed by atoms with Gasteiger partial charge in [0, 0.05) is 12.8 Å². The van der Waals surface area contributed by atoms with E-state index in [1.54, 1.807) is 0 Å². The van der Waals surface area contributed by atoms with Crippen LogP contribution in [0, 0.1) is 0 Å². The van der Waals surface area contributed by atoms with Crippen LogP contribution in [0.25, 0.3) is 0 Å². The van der Waals surface area contributed by atoms with Crippen LogP contribution >= 0.6 is 0 Å². The maximum atomic E-state index is 12.5. The van der Waals surface area contributed by atoms with E-state index in [-0.39, 0.29) is 19.4 Å². The topological polar surface area (TPSA) is 101 Å². The Labute approximate surface area is 156 Å². The van der Waals surface area contributed by atoms with Crippen LogP contribution in [0.5, 0.6) is 0 Å². The molecule has 0 aromatic heterocycles. The highest BCUT2D eigenvalue weighted by atomic mass is 16.5. The van der Waals surface area contributed by atoms with E-state index in [2.05, 4.69) is 0 Å². The number of carboxylic acids is 1. The standard InChI is InChI=1S/C19H33NO6/c1-4-7-9-11-16(21)20(17(22)12-10-8-5-2)15(19(24)25)14-18(23)26-13-6-3/h15H,4-14H2,1-3H3,(H,24,25). The summed E-state index contributed by atoms with van der Waals surface area (Å²) in [6.45, 7) is 5.98. The lowest BCUT2D eigenvalue weighted by molar-refractivity contribution is -0.161. The van der Waals surface area contributed by atoms with Crippen LogP contribution in [-0.2, 0) is 23.9 Å². The SMILES string of the molecule is CCCCCC(=O)N(C(=O)CCCCC)C(CC(=O)OCCC)C(=O)O. The number of carbonyl (C=O) groups is 4. The summed E-state index contributed by atoms with van der Waals surface area (Å²) in [5, 5.41) is 9.51. The Morgan fingerprint density at radius 1 is 0.846 bits per heavy atom. The minimum Gasteiger partial charge on any atom is -0.480 e. The van der Waals surface area contributed by atoms with Gasteiger partial charge in [0.2, 0.25) is 11.8 Å². The number of rotatable bonds is 14. The molecule has 1 N–H and O–H groups in total. The molecular weight excluding hydrogens is 338 g/mol. The number of amides is 2. The van der Waals surface area contributed by atoms with Crippen LogP contribution in [0.2, 0.25) is 0 Å². The minimum absolute atomic E-state index is 0.0984. The smallest absolute Gasteiger partial charge is 0.327 e. The van der Waals surface area contributed by atoms with Gasteiger partial charge < -0.3 is 9.84 Å². The fraction of sp³-hybridized carbons (Fsp3) is 0.789. The highest BCUT2D eigenvalue weighted by Crippen LogP contribution is 2.15. The molecule has 0 fully saturated rings. The van der Waals surface area contributed by atoms with E-state index < -0.39 is 36.2 Å². The minimum atomic E-state index is -1.51. The Morgan fingerprint density at radius 2 is 1.35 bits per heavy atom. The lowest BCUT2D eigenvalue weighted by Crippen LogP contribution is -2.49. The fourth-order valence-corrected chi connectivity index (χ4v) is 2.50. The first-order chi connectivity index (χ1) is 12.4. The number of aliphatic carboxylic acids is 1. The second kappa shape index (κ2) is 14.3. The van der Waals surface area contributed by atoms with Crippen molar-refractivity contribution >= 4 is 23.8 Å². The first kappa shape index (κ1) is 24.1. The largest absolute Gasteiger partial charge is 0.480 e. The summed E-state index contributed by atoms with van der Waals surface area (Å²) in [4.78, 5) is 49.3. The maximum Gasteiger partial charge on any atom is 0.327 e. The van der Waals surface area contributed by atoms with Gasteiger partial charge in [0.05, 0.1) is 13.0 Å². The molecule has 0 heterocycles. The summed E-state index contributed by atoms with van der Waals surface area (Å²) in [6, 6.07) is -1.51. The molecule has 0 aromatic carbocycles. The summed E-state index contributed by atoms with van der Waals surface area (Å²) >= 11 is 0. The molecule has 0 rings (SSSR count). The van der Waals surface area contributed by atoms with Crippen LogP contribution in [0.15, 0.2) is 0 Å². The molecule has 0 aliphatic rings. The lowest BCUT2D eigenvalue weighted by atomic mass is 10.1. The van der Waals surface area contributed by atoms with Crippen LogP contribution in [-0.4, -0.2) is 46.4 Å². The van der Waals surface area contributed by atoms with Crippen molar-refractivity contribution in [3.05, 3.63) is 0 Å². The Kier molecular flexibility index (Phi) is 13.2. The number of hydrogen-bond donors (Lipinski definition) is 1. The molecule has 7 heteroatoms. The van der Waals surface area contributed by atoms with Crippen LogP contribution in [0.3, 0.4) is 0 Å². The number of ether oxygens (including phenoxy) is 1. The highest BCUT2D eigenvalue weighted by Gasteiger charge is 2.36. The third kappa shape index (κ3) is 9.53. The average Bonchev–Trinajstić information content (AvgIpc) is 2.59. The number of imide groups is 1. The van der Waals surface area contributed by atoms with Crippen molar-refractivity contribution in [1.82, 2.24) is 4.90 Å². The molecular formula is C19H33NO6. The first-order valence-electron chi connectivity index (χ1n) is 9.62. The van der Waals surface area contributed by atoms with Gasteiger partial charge in [-0.3, -0.25) is 19.3 Å². The second-order valence-corrected chi connectivity index (χ2v) is 6.35. The van der Waals surface area contributed by atoms with Crippen molar-refractivity contribution in [3.63, 3.8) is 0 Å². The van der Waals surface area contributed by atoms with Crippen molar-refractivity contribution in [2.45, 2.75) is 91.0 Å². The van der Waals surface area contributed by atoms with Gasteiger partial charge in [-0.15, -0.1) is 0 Å². The quantitative estimate of drug-likeness (QED) is 0.371. The second-order valence-electron chi connectivity index (χ2n) is 6.35. The van der Waals surface area contributed by atoms with E-state index in [4.69, 9.17) is 4.74 Å². The molecule has 0 radical (unpaired) electrons. The summed E-state index contributed by atoms with van der Waals surface area (Å²) in [5.41, 5.74) is 0. The number of nitrogens with zero attached hydrogens (tertiary/aromatic N) is 1. The Bertz CT molecular complexity index is 441. The molecule has 0 aromatic rings. The molecule has 0 saturated heterocycles. The zero-order chi connectivity index (χ0) is 19.9. The molecule has 0 bridgehead atoms. The van der Waals surface area contributed by atoms with Crippen molar-refractivity contribution in [2.24, 2.45) is 0 Å². The molecule has 26 heavy (non-hydrogen) atoms. The monoisotopic (exact) mass is 371 g/mol. The molecule has 0 aliphatic heterocycles. The predicted octanol–water partition coefficient (Wildman–Crippen LogP) is 3.30. The average molecular weight is 371 g/mol. The van der Waals surface area contributed by atoms with Crippen molar-refractivity contribution < 1.29 is 29.0 Å². The molecule has 0 spiro atoms. The van der Waals surface area contributed by atoms with Gasteiger partial charge in [0.15, 0.2) is 0 Å². The Morgan fingerprint density at radius 3 is 1.73 bits per heavy atom. The van der Waals surface area contributed by atoms with E-state index in [9.17, 15) is 24.3 Å². The number of carbonyl (C=O) groups excluding carboxylic acids is 3. The molecule has 7 nitrogen and oxygen atoms in total. The summed E-state index contributed by atoms with van der Waals surface area (Å²) in [7, 11) is 0. The number of hydrogen-bond acceptors (Lipinski definition) is 5. The summed E-state index contributed by atoms with van der Waals surface area (Å²) < 4.78 is 4.93. The number of carboxylic acid groups (broad SMARTS) is 1. The predicted molar refractivity (Wildman–Crippen MR) is 97.4 cm³/mol. The van der Waals surface area contributed by atoms with Crippen molar-refractivity contribution in [1.29, 1.82) is 0 Å². The van der Waals surface area contributed by atoms with Gasteiger partial charge in [-0.25, -0.2) is 4.79 Å². The van der Waals surface area contributed by atoms with Gasteiger partial charge in [0.25, 0.3) is 0 Å². The molecule has 0 saturated carbocycles. The van der Waals surface area contributed by atoms with Gasteiger partial charge in [-0.2, -0.15) is 0 Å². The maximum absolute atomic E-state index is 12.5. The van der Waals surface area contributed by atoms with E-state index in [0.717, 1.165) is 30.6 Å². The fourth-order valence-electron chi connectivity index (χ4n) is 2.50. The molecule has 2 amide bonds. The third-order valence-electron chi connectivity index (χ3n) is 3.95. The van der Waals surface area contributed by atoms with Gasteiger partial charge in [-0.1, -0.05) is 46.5 Å². The van der Waals surface area contributed by atoms with Gasteiger partial charge >= 0.3 is 11.9 Å². The van der Waals surface area contributed by atoms with Crippen molar-refractivity contribution in [3.8, 4) is 0 Å². The van der Waals surface area contributed by atoms with E-state index in [1.807, 2.05) is 20.8 Å². The lowest BCUT2D eigenvalue weighted by Gasteiger charge is -2.27. The zero-order valence-corrected chi connectivity index (χ0v) is 16.3.